The lowest BCUT2D eigenvalue weighted by Gasteiger charge is -2.22. The van der Waals surface area contributed by atoms with Crippen LogP contribution in [0.5, 0.6) is 0 Å². The Morgan fingerprint density at radius 2 is 1.96 bits per heavy atom. The first-order valence-corrected chi connectivity index (χ1v) is 7.90. The van der Waals surface area contributed by atoms with E-state index >= 15 is 0 Å². The standard InChI is InChI=1S/C19H23N3O/c1-11(2)17(23)22-16-12-8-7-9-20-14(12)13-15(21-16)19(5,6)10-18(13,3)4/h7-9H,1,10H2,2-6H3,(H,21,22,23). The van der Waals surface area contributed by atoms with Gasteiger partial charge < -0.3 is 5.32 Å². The van der Waals surface area contributed by atoms with Gasteiger partial charge >= 0.3 is 0 Å². The molecule has 0 aromatic carbocycles. The predicted octanol–water partition coefficient (Wildman–Crippen LogP) is 4.10. The molecule has 0 saturated heterocycles. The first kappa shape index (κ1) is 15.7. The van der Waals surface area contributed by atoms with E-state index in [4.69, 9.17) is 4.98 Å². The number of fused-ring (bicyclic) bond motifs is 3. The van der Waals surface area contributed by atoms with Crippen molar-refractivity contribution < 1.29 is 4.79 Å². The molecule has 2 aromatic rings. The molecule has 1 aliphatic carbocycles. The third-order valence-electron chi connectivity index (χ3n) is 4.58. The molecule has 0 saturated carbocycles. The van der Waals surface area contributed by atoms with Gasteiger partial charge in [-0.3, -0.25) is 9.78 Å². The fourth-order valence-electron chi connectivity index (χ4n) is 3.85. The summed E-state index contributed by atoms with van der Waals surface area (Å²) in [6.45, 7) is 14.3. The minimum atomic E-state index is -0.210. The molecular weight excluding hydrogens is 286 g/mol. The van der Waals surface area contributed by atoms with Crippen LogP contribution in [-0.4, -0.2) is 15.9 Å². The number of nitrogens with zero attached hydrogens (tertiary/aromatic N) is 2. The zero-order valence-electron chi connectivity index (χ0n) is 14.4. The zero-order valence-corrected chi connectivity index (χ0v) is 14.4. The average molecular weight is 309 g/mol. The molecule has 3 rings (SSSR count). The molecule has 0 fully saturated rings. The highest BCUT2D eigenvalue weighted by atomic mass is 16.1. The molecule has 1 aliphatic rings. The fraction of sp³-hybridized carbons (Fsp3) is 0.421. The maximum Gasteiger partial charge on any atom is 0.251 e. The van der Waals surface area contributed by atoms with Crippen LogP contribution in [-0.2, 0) is 15.6 Å². The molecule has 0 aliphatic heterocycles. The number of anilines is 1. The van der Waals surface area contributed by atoms with Crippen LogP contribution in [0.2, 0.25) is 0 Å². The Morgan fingerprint density at radius 3 is 2.61 bits per heavy atom. The highest BCUT2D eigenvalue weighted by Gasteiger charge is 2.45. The van der Waals surface area contributed by atoms with E-state index in [-0.39, 0.29) is 16.7 Å². The molecule has 4 heteroatoms. The maximum absolute atomic E-state index is 12.1. The number of aromatic nitrogens is 2. The van der Waals surface area contributed by atoms with Crippen molar-refractivity contribution >= 4 is 22.6 Å². The van der Waals surface area contributed by atoms with Crippen LogP contribution in [0.4, 0.5) is 5.82 Å². The van der Waals surface area contributed by atoms with Crippen molar-refractivity contribution in [1.29, 1.82) is 0 Å². The smallest absolute Gasteiger partial charge is 0.251 e. The Bertz CT molecular complexity index is 834. The lowest BCUT2D eigenvalue weighted by molar-refractivity contribution is -0.112. The first-order chi connectivity index (χ1) is 10.6. The largest absolute Gasteiger partial charge is 0.306 e. The lowest BCUT2D eigenvalue weighted by atomic mass is 9.82. The fourth-order valence-corrected chi connectivity index (χ4v) is 3.85. The molecule has 120 valence electrons. The van der Waals surface area contributed by atoms with Crippen LogP contribution < -0.4 is 5.32 Å². The number of rotatable bonds is 2. The van der Waals surface area contributed by atoms with E-state index in [1.807, 2.05) is 12.1 Å². The second kappa shape index (κ2) is 4.88. The van der Waals surface area contributed by atoms with Crippen molar-refractivity contribution in [1.82, 2.24) is 9.97 Å². The minimum Gasteiger partial charge on any atom is -0.306 e. The van der Waals surface area contributed by atoms with E-state index in [1.54, 1.807) is 13.1 Å². The van der Waals surface area contributed by atoms with Gasteiger partial charge in [0.2, 0.25) is 0 Å². The van der Waals surface area contributed by atoms with Crippen molar-refractivity contribution in [3.63, 3.8) is 0 Å². The van der Waals surface area contributed by atoms with Crippen LogP contribution in [0, 0.1) is 0 Å². The molecule has 0 radical (unpaired) electrons. The Morgan fingerprint density at radius 1 is 1.26 bits per heavy atom. The topological polar surface area (TPSA) is 54.9 Å². The summed E-state index contributed by atoms with van der Waals surface area (Å²) in [4.78, 5) is 21.5. The van der Waals surface area contributed by atoms with Crippen molar-refractivity contribution in [2.45, 2.75) is 51.9 Å². The van der Waals surface area contributed by atoms with Gasteiger partial charge in [0, 0.05) is 28.1 Å². The molecule has 1 amide bonds. The van der Waals surface area contributed by atoms with Gasteiger partial charge in [-0.15, -0.1) is 0 Å². The van der Waals surface area contributed by atoms with Gasteiger partial charge in [-0.05, 0) is 30.9 Å². The third kappa shape index (κ3) is 2.42. The molecule has 0 atom stereocenters. The van der Waals surface area contributed by atoms with Crippen LogP contribution in [0.15, 0.2) is 30.5 Å². The highest BCUT2D eigenvalue weighted by Crippen LogP contribution is 2.51. The summed E-state index contributed by atoms with van der Waals surface area (Å²) in [6, 6.07) is 3.84. The second-order valence-electron chi connectivity index (χ2n) is 7.76. The average Bonchev–Trinajstić information content (AvgIpc) is 2.63. The van der Waals surface area contributed by atoms with Crippen molar-refractivity contribution in [3.8, 4) is 0 Å². The summed E-state index contributed by atoms with van der Waals surface area (Å²) in [5.41, 5.74) is 3.59. The zero-order chi connectivity index (χ0) is 17.0. The van der Waals surface area contributed by atoms with Crippen LogP contribution in [0.3, 0.4) is 0 Å². The summed E-state index contributed by atoms with van der Waals surface area (Å²) in [6.07, 6.45) is 2.81. The van der Waals surface area contributed by atoms with E-state index < -0.39 is 0 Å². The van der Waals surface area contributed by atoms with E-state index in [1.165, 1.54) is 5.56 Å². The molecule has 4 nitrogen and oxygen atoms in total. The maximum atomic E-state index is 12.1. The normalized spacial score (nSPS) is 17.8. The second-order valence-corrected chi connectivity index (χ2v) is 7.76. The number of carbonyl (C=O) groups excluding carboxylic acids is 1. The predicted molar refractivity (Wildman–Crippen MR) is 93.7 cm³/mol. The van der Waals surface area contributed by atoms with Gasteiger partial charge in [0.1, 0.15) is 5.82 Å². The Labute approximate surface area is 137 Å². The Hall–Kier alpha value is -2.23. The van der Waals surface area contributed by atoms with Crippen LogP contribution in [0.1, 0.15) is 52.3 Å². The summed E-state index contributed by atoms with van der Waals surface area (Å²) in [7, 11) is 0. The van der Waals surface area contributed by atoms with Gasteiger partial charge in [-0.25, -0.2) is 4.98 Å². The van der Waals surface area contributed by atoms with Gasteiger partial charge in [0.25, 0.3) is 5.91 Å². The van der Waals surface area contributed by atoms with E-state index in [2.05, 4.69) is 44.6 Å². The van der Waals surface area contributed by atoms with Gasteiger partial charge in [0.15, 0.2) is 0 Å². The van der Waals surface area contributed by atoms with E-state index in [9.17, 15) is 4.79 Å². The Balaban J connectivity index is 2.31. The van der Waals surface area contributed by atoms with Gasteiger partial charge in [-0.1, -0.05) is 34.3 Å². The number of amides is 1. The lowest BCUT2D eigenvalue weighted by Crippen LogP contribution is -2.19. The molecule has 1 N–H and O–H groups in total. The summed E-state index contributed by atoms with van der Waals surface area (Å²) in [5.74, 6) is 0.364. The SMILES string of the molecule is C=C(C)C(=O)Nc1nc2c(c3ncccc13)C(C)(C)CC2(C)C. The molecule has 23 heavy (non-hydrogen) atoms. The van der Waals surface area contributed by atoms with Crippen molar-refractivity contribution in [2.75, 3.05) is 5.32 Å². The van der Waals surface area contributed by atoms with Crippen LogP contribution >= 0.6 is 0 Å². The third-order valence-corrected chi connectivity index (χ3v) is 4.58. The van der Waals surface area contributed by atoms with Crippen LogP contribution in [0.25, 0.3) is 10.9 Å². The van der Waals surface area contributed by atoms with Gasteiger partial charge in [-0.2, -0.15) is 0 Å². The monoisotopic (exact) mass is 309 g/mol. The van der Waals surface area contributed by atoms with Gasteiger partial charge in [0.05, 0.1) is 11.2 Å². The Kier molecular flexibility index (Phi) is 3.32. The number of hydrogen-bond acceptors (Lipinski definition) is 3. The minimum absolute atomic E-state index is 0.00926. The molecule has 2 heterocycles. The number of hydrogen-bond donors (Lipinski definition) is 1. The molecular formula is C19H23N3O. The molecule has 0 bridgehead atoms. The highest BCUT2D eigenvalue weighted by molar-refractivity contribution is 6.07. The quantitative estimate of drug-likeness (QED) is 0.850. The van der Waals surface area contributed by atoms with E-state index in [0.717, 1.165) is 23.0 Å². The summed E-state index contributed by atoms with van der Waals surface area (Å²) < 4.78 is 0. The number of nitrogens with one attached hydrogen (secondary N) is 1. The number of pyridine rings is 2. The molecule has 0 spiro atoms. The first-order valence-electron chi connectivity index (χ1n) is 7.90. The van der Waals surface area contributed by atoms with Crippen molar-refractivity contribution in [2.24, 2.45) is 0 Å². The summed E-state index contributed by atoms with van der Waals surface area (Å²) >= 11 is 0. The van der Waals surface area contributed by atoms with E-state index in [0.29, 0.717) is 11.4 Å². The molecule has 2 aromatic heterocycles. The number of carbonyl (C=O) groups is 1. The summed E-state index contributed by atoms with van der Waals surface area (Å²) in [5, 5.41) is 3.77. The van der Waals surface area contributed by atoms with Crippen molar-refractivity contribution in [3.05, 3.63) is 41.7 Å². The molecule has 0 unspecified atom stereocenters.